The zero-order valence-electron chi connectivity index (χ0n) is 13.6. The fourth-order valence-electron chi connectivity index (χ4n) is 3.00. The molecule has 0 aliphatic heterocycles. The summed E-state index contributed by atoms with van der Waals surface area (Å²) in [5, 5.41) is 22.5. The SMILES string of the molecule is CC(C)c1c(-c2cccc(C#N)c2)n(C)c2c(C#N)cnn2c1=O. The smallest absolute Gasteiger partial charge is 0.278 e. The van der Waals surface area contributed by atoms with E-state index in [0.29, 0.717) is 28.0 Å². The van der Waals surface area contributed by atoms with E-state index >= 15 is 0 Å². The lowest BCUT2D eigenvalue weighted by Gasteiger charge is -2.18. The van der Waals surface area contributed by atoms with Crippen LogP contribution in [0.4, 0.5) is 0 Å². The molecule has 0 bridgehead atoms. The van der Waals surface area contributed by atoms with Crippen molar-refractivity contribution >= 4 is 5.65 Å². The number of benzene rings is 1. The van der Waals surface area contributed by atoms with Crippen LogP contribution in [0.3, 0.4) is 0 Å². The second-order valence-electron chi connectivity index (χ2n) is 5.88. The van der Waals surface area contributed by atoms with Gasteiger partial charge >= 0.3 is 0 Å². The molecule has 118 valence electrons. The van der Waals surface area contributed by atoms with Gasteiger partial charge in [0.15, 0.2) is 5.65 Å². The molecule has 2 aromatic heterocycles. The van der Waals surface area contributed by atoms with E-state index in [4.69, 9.17) is 5.26 Å². The molecular weight excluding hydrogens is 302 g/mol. The van der Waals surface area contributed by atoms with Crippen molar-refractivity contribution in [2.24, 2.45) is 7.05 Å². The Labute approximate surface area is 138 Å². The van der Waals surface area contributed by atoms with E-state index in [-0.39, 0.29) is 11.5 Å². The van der Waals surface area contributed by atoms with Crippen LogP contribution in [0.5, 0.6) is 0 Å². The van der Waals surface area contributed by atoms with Crippen LogP contribution in [-0.4, -0.2) is 14.2 Å². The van der Waals surface area contributed by atoms with Gasteiger partial charge in [0, 0.05) is 12.6 Å². The molecule has 0 saturated heterocycles. The number of nitriles is 2. The van der Waals surface area contributed by atoms with Crippen LogP contribution < -0.4 is 5.56 Å². The van der Waals surface area contributed by atoms with Crippen molar-refractivity contribution in [1.82, 2.24) is 14.2 Å². The molecule has 0 radical (unpaired) electrons. The van der Waals surface area contributed by atoms with Crippen molar-refractivity contribution in [3.8, 4) is 23.4 Å². The summed E-state index contributed by atoms with van der Waals surface area (Å²) in [5.74, 6) is -0.0384. The normalized spacial score (nSPS) is 10.8. The summed E-state index contributed by atoms with van der Waals surface area (Å²) in [5.41, 5.74) is 3.14. The molecule has 1 aromatic carbocycles. The van der Waals surface area contributed by atoms with Gasteiger partial charge in [-0.15, -0.1) is 0 Å². The van der Waals surface area contributed by atoms with Crippen LogP contribution in [-0.2, 0) is 7.05 Å². The first-order valence-corrected chi connectivity index (χ1v) is 7.50. The Hall–Kier alpha value is -3.38. The van der Waals surface area contributed by atoms with Gasteiger partial charge in [-0.05, 0) is 23.6 Å². The minimum absolute atomic E-state index is 0.0384. The lowest BCUT2D eigenvalue weighted by molar-refractivity contribution is 0.758. The van der Waals surface area contributed by atoms with Crippen LogP contribution >= 0.6 is 0 Å². The van der Waals surface area contributed by atoms with E-state index in [9.17, 15) is 10.1 Å². The first-order chi connectivity index (χ1) is 11.5. The summed E-state index contributed by atoms with van der Waals surface area (Å²) in [6.45, 7) is 3.88. The van der Waals surface area contributed by atoms with Gasteiger partial charge in [0.1, 0.15) is 11.6 Å². The predicted molar refractivity (Wildman–Crippen MR) is 89.4 cm³/mol. The quantitative estimate of drug-likeness (QED) is 0.727. The average Bonchev–Trinajstić information content (AvgIpc) is 3.02. The molecule has 3 rings (SSSR count). The third-order valence-electron chi connectivity index (χ3n) is 4.04. The standard InChI is InChI=1S/C18H15N5O/c1-11(2)15-16(13-6-4-5-12(7-13)8-19)22(3)17-14(9-20)10-21-23(17)18(15)24/h4-7,10-11H,1-3H3. The summed E-state index contributed by atoms with van der Waals surface area (Å²) >= 11 is 0. The van der Waals surface area contributed by atoms with Gasteiger partial charge in [-0.2, -0.15) is 20.1 Å². The van der Waals surface area contributed by atoms with Crippen LogP contribution in [0.15, 0.2) is 35.3 Å². The second kappa shape index (κ2) is 5.68. The van der Waals surface area contributed by atoms with Crippen molar-refractivity contribution in [1.29, 1.82) is 10.5 Å². The monoisotopic (exact) mass is 317 g/mol. The number of rotatable bonds is 2. The van der Waals surface area contributed by atoms with E-state index in [1.807, 2.05) is 19.9 Å². The van der Waals surface area contributed by atoms with Gasteiger partial charge in [-0.25, -0.2) is 0 Å². The number of hydrogen-bond donors (Lipinski definition) is 0. The Morgan fingerprint density at radius 1 is 1.21 bits per heavy atom. The number of aromatic nitrogens is 3. The van der Waals surface area contributed by atoms with Crippen molar-refractivity contribution in [3.05, 3.63) is 57.5 Å². The van der Waals surface area contributed by atoms with E-state index in [2.05, 4.69) is 17.2 Å². The van der Waals surface area contributed by atoms with Gasteiger partial charge in [0.05, 0.1) is 23.5 Å². The Kier molecular flexibility index (Phi) is 3.67. The minimum atomic E-state index is -0.239. The van der Waals surface area contributed by atoms with Gasteiger partial charge < -0.3 is 4.57 Å². The lowest BCUT2D eigenvalue weighted by Crippen LogP contribution is -2.25. The highest BCUT2D eigenvalue weighted by molar-refractivity contribution is 5.70. The van der Waals surface area contributed by atoms with E-state index in [1.165, 1.54) is 10.7 Å². The molecule has 6 nitrogen and oxygen atoms in total. The molecule has 6 heteroatoms. The van der Waals surface area contributed by atoms with Gasteiger partial charge in [0.2, 0.25) is 0 Å². The summed E-state index contributed by atoms with van der Waals surface area (Å²) in [7, 11) is 1.80. The summed E-state index contributed by atoms with van der Waals surface area (Å²) < 4.78 is 3.07. The molecular formula is C18H15N5O. The Morgan fingerprint density at radius 3 is 2.58 bits per heavy atom. The first kappa shape index (κ1) is 15.5. The summed E-state index contributed by atoms with van der Waals surface area (Å²) in [6, 6.07) is 11.3. The second-order valence-corrected chi connectivity index (χ2v) is 5.88. The van der Waals surface area contributed by atoms with E-state index in [0.717, 1.165) is 5.56 Å². The highest BCUT2D eigenvalue weighted by Gasteiger charge is 2.22. The number of nitrogens with zero attached hydrogens (tertiary/aromatic N) is 5. The predicted octanol–water partition coefficient (Wildman–Crippen LogP) is 2.57. The van der Waals surface area contributed by atoms with Crippen molar-refractivity contribution in [2.45, 2.75) is 19.8 Å². The fourth-order valence-corrected chi connectivity index (χ4v) is 3.00. The molecule has 0 fully saturated rings. The zero-order chi connectivity index (χ0) is 17.4. The summed E-state index contributed by atoms with van der Waals surface area (Å²) in [4.78, 5) is 12.9. The molecule has 0 saturated carbocycles. The van der Waals surface area contributed by atoms with Crippen LogP contribution in [0.1, 0.15) is 36.5 Å². The summed E-state index contributed by atoms with van der Waals surface area (Å²) in [6.07, 6.45) is 1.40. The van der Waals surface area contributed by atoms with Crippen LogP contribution in [0.2, 0.25) is 0 Å². The topological polar surface area (TPSA) is 86.9 Å². The molecule has 0 amide bonds. The highest BCUT2D eigenvalue weighted by atomic mass is 16.1. The molecule has 2 heterocycles. The van der Waals surface area contributed by atoms with E-state index in [1.54, 1.807) is 29.8 Å². The average molecular weight is 317 g/mol. The number of hydrogen-bond acceptors (Lipinski definition) is 4. The fraction of sp³-hybridized carbons (Fsp3) is 0.222. The largest absolute Gasteiger partial charge is 0.327 e. The van der Waals surface area contributed by atoms with Crippen molar-refractivity contribution in [3.63, 3.8) is 0 Å². The molecule has 24 heavy (non-hydrogen) atoms. The molecule has 0 spiro atoms. The molecule has 0 aliphatic rings. The van der Waals surface area contributed by atoms with Gasteiger partial charge in [-0.3, -0.25) is 4.79 Å². The van der Waals surface area contributed by atoms with Crippen LogP contribution in [0, 0.1) is 22.7 Å². The third-order valence-corrected chi connectivity index (χ3v) is 4.04. The molecule has 3 aromatic rings. The zero-order valence-corrected chi connectivity index (χ0v) is 13.6. The Morgan fingerprint density at radius 2 is 1.96 bits per heavy atom. The van der Waals surface area contributed by atoms with E-state index < -0.39 is 0 Å². The maximum absolute atomic E-state index is 12.9. The Bertz CT molecular complexity index is 1090. The maximum Gasteiger partial charge on any atom is 0.278 e. The molecule has 0 unspecified atom stereocenters. The van der Waals surface area contributed by atoms with Gasteiger partial charge in [-0.1, -0.05) is 26.0 Å². The van der Waals surface area contributed by atoms with Crippen molar-refractivity contribution < 1.29 is 0 Å². The lowest BCUT2D eigenvalue weighted by atomic mass is 9.97. The molecule has 0 atom stereocenters. The highest BCUT2D eigenvalue weighted by Crippen LogP contribution is 2.28. The number of fused-ring (bicyclic) bond motifs is 1. The first-order valence-electron chi connectivity index (χ1n) is 7.50. The molecule has 0 aliphatic carbocycles. The third kappa shape index (κ3) is 2.17. The Balaban J connectivity index is 2.52. The molecule has 0 N–H and O–H groups in total. The van der Waals surface area contributed by atoms with Crippen LogP contribution in [0.25, 0.3) is 16.9 Å². The van der Waals surface area contributed by atoms with Gasteiger partial charge in [0.25, 0.3) is 5.56 Å². The maximum atomic E-state index is 12.9. The minimum Gasteiger partial charge on any atom is -0.327 e. The van der Waals surface area contributed by atoms with Crippen molar-refractivity contribution in [2.75, 3.05) is 0 Å². The number of aryl methyl sites for hydroxylation is 1.